The minimum absolute atomic E-state index is 0.0669. The molecule has 0 saturated carbocycles. The summed E-state index contributed by atoms with van der Waals surface area (Å²) in [6.07, 6.45) is 0. The molecular weight excluding hydrogens is 328 g/mol. The third-order valence-electron chi connectivity index (χ3n) is 2.53. The van der Waals surface area contributed by atoms with Gasteiger partial charge in [-0.3, -0.25) is 4.72 Å². The predicted octanol–water partition coefficient (Wildman–Crippen LogP) is 3.14. The molecule has 19 heavy (non-hydrogen) atoms. The van der Waals surface area contributed by atoms with Crippen LogP contribution in [-0.4, -0.2) is 8.42 Å². The molecule has 0 fully saturated rings. The molecule has 0 bridgehead atoms. The molecule has 0 saturated heterocycles. The van der Waals surface area contributed by atoms with Gasteiger partial charge in [-0.05, 0) is 42.8 Å². The zero-order valence-corrected chi connectivity index (χ0v) is 12.6. The Kier molecular flexibility index (Phi) is 3.82. The number of nitrogens with two attached hydrogens (primary N) is 1. The van der Waals surface area contributed by atoms with Crippen LogP contribution in [0.15, 0.2) is 51.8 Å². The number of rotatable bonds is 3. The Hall–Kier alpha value is -1.53. The number of nitrogen functional groups attached to an aromatic ring is 1. The fraction of sp³-hybridized carbons (Fsp3) is 0.0769. The molecule has 2 rings (SSSR count). The largest absolute Gasteiger partial charge is 0.398 e. The van der Waals surface area contributed by atoms with Crippen LogP contribution in [0.2, 0.25) is 0 Å². The van der Waals surface area contributed by atoms with Crippen molar-refractivity contribution in [1.82, 2.24) is 0 Å². The standard InChI is InChI=1S/C13H13BrN2O2S/c1-9-3-2-4-11(7-9)16-19(17,18)13-6-5-10(14)8-12(13)15/h2-8,16H,15H2,1H3. The molecule has 0 unspecified atom stereocenters. The van der Waals surface area contributed by atoms with Crippen molar-refractivity contribution in [3.63, 3.8) is 0 Å². The Morgan fingerprint density at radius 3 is 2.53 bits per heavy atom. The maximum Gasteiger partial charge on any atom is 0.263 e. The summed E-state index contributed by atoms with van der Waals surface area (Å²) in [7, 11) is -3.67. The van der Waals surface area contributed by atoms with E-state index in [1.807, 2.05) is 13.0 Å². The monoisotopic (exact) mass is 340 g/mol. The van der Waals surface area contributed by atoms with Gasteiger partial charge in [0.1, 0.15) is 4.90 Å². The molecule has 0 amide bonds. The minimum Gasteiger partial charge on any atom is -0.398 e. The zero-order chi connectivity index (χ0) is 14.0. The second kappa shape index (κ2) is 5.22. The first-order chi connectivity index (χ1) is 8.88. The van der Waals surface area contributed by atoms with E-state index < -0.39 is 10.0 Å². The lowest BCUT2D eigenvalue weighted by Crippen LogP contribution is -2.14. The average Bonchev–Trinajstić information content (AvgIpc) is 2.27. The number of aryl methyl sites for hydroxylation is 1. The third kappa shape index (κ3) is 3.27. The van der Waals surface area contributed by atoms with E-state index in [1.165, 1.54) is 6.07 Å². The second-order valence-corrected chi connectivity index (χ2v) is 6.72. The molecule has 2 aromatic rings. The van der Waals surface area contributed by atoms with Crippen molar-refractivity contribution < 1.29 is 8.42 Å². The smallest absolute Gasteiger partial charge is 0.263 e. The highest BCUT2D eigenvalue weighted by Gasteiger charge is 2.17. The van der Waals surface area contributed by atoms with E-state index >= 15 is 0 Å². The minimum atomic E-state index is -3.67. The van der Waals surface area contributed by atoms with Gasteiger partial charge in [-0.25, -0.2) is 8.42 Å². The van der Waals surface area contributed by atoms with Crippen molar-refractivity contribution in [2.75, 3.05) is 10.5 Å². The zero-order valence-electron chi connectivity index (χ0n) is 10.2. The van der Waals surface area contributed by atoms with Crippen LogP contribution in [0.5, 0.6) is 0 Å². The number of hydrogen-bond acceptors (Lipinski definition) is 3. The molecule has 6 heteroatoms. The van der Waals surface area contributed by atoms with Crippen LogP contribution in [0.1, 0.15) is 5.56 Å². The topological polar surface area (TPSA) is 72.2 Å². The Morgan fingerprint density at radius 1 is 1.16 bits per heavy atom. The predicted molar refractivity (Wildman–Crippen MR) is 80.5 cm³/mol. The molecule has 0 aliphatic carbocycles. The van der Waals surface area contributed by atoms with Gasteiger partial charge < -0.3 is 5.73 Å². The van der Waals surface area contributed by atoms with Gasteiger partial charge in [0, 0.05) is 10.2 Å². The molecule has 4 nitrogen and oxygen atoms in total. The quantitative estimate of drug-likeness (QED) is 0.843. The molecule has 0 heterocycles. The number of hydrogen-bond donors (Lipinski definition) is 2. The molecule has 2 aromatic carbocycles. The average molecular weight is 341 g/mol. The van der Waals surface area contributed by atoms with Gasteiger partial charge in [0.05, 0.1) is 5.69 Å². The SMILES string of the molecule is Cc1cccc(NS(=O)(=O)c2ccc(Br)cc2N)c1. The fourth-order valence-corrected chi connectivity index (χ4v) is 3.23. The summed E-state index contributed by atoms with van der Waals surface area (Å²) in [6, 6.07) is 11.8. The van der Waals surface area contributed by atoms with Crippen LogP contribution in [-0.2, 0) is 10.0 Å². The molecule has 0 atom stereocenters. The Labute approximate surface area is 120 Å². The van der Waals surface area contributed by atoms with E-state index in [0.717, 1.165) is 10.0 Å². The van der Waals surface area contributed by atoms with Crippen LogP contribution in [0, 0.1) is 6.92 Å². The van der Waals surface area contributed by atoms with E-state index in [9.17, 15) is 8.42 Å². The van der Waals surface area contributed by atoms with E-state index in [0.29, 0.717) is 5.69 Å². The Bertz CT molecular complexity index is 714. The van der Waals surface area contributed by atoms with Gasteiger partial charge in [0.2, 0.25) is 0 Å². The van der Waals surface area contributed by atoms with Crippen molar-refractivity contribution in [2.24, 2.45) is 0 Å². The first-order valence-electron chi connectivity index (χ1n) is 5.53. The highest BCUT2D eigenvalue weighted by Crippen LogP contribution is 2.25. The first-order valence-corrected chi connectivity index (χ1v) is 7.80. The van der Waals surface area contributed by atoms with Gasteiger partial charge in [-0.2, -0.15) is 0 Å². The Morgan fingerprint density at radius 2 is 1.89 bits per heavy atom. The van der Waals surface area contributed by atoms with Gasteiger partial charge in [0.15, 0.2) is 0 Å². The van der Waals surface area contributed by atoms with Crippen molar-refractivity contribution in [3.05, 3.63) is 52.5 Å². The summed E-state index contributed by atoms with van der Waals surface area (Å²) in [4.78, 5) is 0.0669. The van der Waals surface area contributed by atoms with Crippen LogP contribution < -0.4 is 10.5 Å². The first kappa shape index (κ1) is 13.9. The summed E-state index contributed by atoms with van der Waals surface area (Å²) in [5.41, 5.74) is 7.44. The van der Waals surface area contributed by atoms with Gasteiger partial charge in [-0.1, -0.05) is 28.1 Å². The number of sulfonamides is 1. The molecule has 0 aliphatic rings. The lowest BCUT2D eigenvalue weighted by molar-refractivity contribution is 0.601. The van der Waals surface area contributed by atoms with Gasteiger partial charge >= 0.3 is 0 Å². The van der Waals surface area contributed by atoms with E-state index in [-0.39, 0.29) is 10.6 Å². The second-order valence-electron chi connectivity index (χ2n) is 4.16. The van der Waals surface area contributed by atoms with Crippen LogP contribution >= 0.6 is 15.9 Å². The molecule has 0 aromatic heterocycles. The number of nitrogens with one attached hydrogen (secondary N) is 1. The van der Waals surface area contributed by atoms with Crippen molar-refractivity contribution >= 4 is 37.3 Å². The maximum atomic E-state index is 12.2. The van der Waals surface area contributed by atoms with Crippen molar-refractivity contribution in [3.8, 4) is 0 Å². The Balaban J connectivity index is 2.38. The lowest BCUT2D eigenvalue weighted by Gasteiger charge is -2.10. The summed E-state index contributed by atoms with van der Waals surface area (Å²) >= 11 is 3.24. The summed E-state index contributed by atoms with van der Waals surface area (Å²) in [5, 5.41) is 0. The summed E-state index contributed by atoms with van der Waals surface area (Å²) in [6.45, 7) is 1.89. The van der Waals surface area contributed by atoms with Crippen LogP contribution in [0.3, 0.4) is 0 Å². The summed E-state index contributed by atoms with van der Waals surface area (Å²) < 4.78 is 27.7. The van der Waals surface area contributed by atoms with E-state index in [2.05, 4.69) is 20.7 Å². The summed E-state index contributed by atoms with van der Waals surface area (Å²) in [5.74, 6) is 0. The van der Waals surface area contributed by atoms with Crippen LogP contribution in [0.4, 0.5) is 11.4 Å². The molecule has 0 radical (unpaired) electrons. The van der Waals surface area contributed by atoms with E-state index in [4.69, 9.17) is 5.73 Å². The van der Waals surface area contributed by atoms with Crippen LogP contribution in [0.25, 0.3) is 0 Å². The molecular formula is C13H13BrN2O2S. The van der Waals surface area contributed by atoms with Crippen molar-refractivity contribution in [2.45, 2.75) is 11.8 Å². The van der Waals surface area contributed by atoms with Gasteiger partial charge in [0.25, 0.3) is 10.0 Å². The number of halogens is 1. The van der Waals surface area contributed by atoms with Gasteiger partial charge in [-0.15, -0.1) is 0 Å². The highest BCUT2D eigenvalue weighted by molar-refractivity contribution is 9.10. The lowest BCUT2D eigenvalue weighted by atomic mass is 10.2. The molecule has 3 N–H and O–H groups in total. The molecule has 100 valence electrons. The molecule has 0 spiro atoms. The molecule has 0 aliphatic heterocycles. The number of anilines is 2. The third-order valence-corrected chi connectivity index (χ3v) is 4.48. The maximum absolute atomic E-state index is 12.2. The fourth-order valence-electron chi connectivity index (χ4n) is 1.68. The highest BCUT2D eigenvalue weighted by atomic mass is 79.9. The normalized spacial score (nSPS) is 11.3. The van der Waals surface area contributed by atoms with Crippen molar-refractivity contribution in [1.29, 1.82) is 0 Å². The van der Waals surface area contributed by atoms with E-state index in [1.54, 1.807) is 30.3 Å². The number of benzene rings is 2.